The third-order valence-corrected chi connectivity index (χ3v) is 6.62. The van der Waals surface area contributed by atoms with Crippen molar-refractivity contribution < 1.29 is 18.1 Å². The summed E-state index contributed by atoms with van der Waals surface area (Å²) in [6, 6.07) is 5.03. The van der Waals surface area contributed by atoms with Gasteiger partial charge >= 0.3 is 0 Å². The Labute approximate surface area is 159 Å². The summed E-state index contributed by atoms with van der Waals surface area (Å²) < 4.78 is 27.0. The van der Waals surface area contributed by atoms with Crippen LogP contribution in [-0.4, -0.2) is 79.7 Å². The topological polar surface area (TPSA) is 104 Å². The predicted molar refractivity (Wildman–Crippen MR) is 101 cm³/mol. The fraction of sp³-hybridized carbons (Fsp3) is 0.588. The highest BCUT2D eigenvalue weighted by Crippen LogP contribution is 2.27. The van der Waals surface area contributed by atoms with Crippen LogP contribution in [0.3, 0.4) is 0 Å². The number of hydrogen-bond donors (Lipinski definition) is 0. The van der Waals surface area contributed by atoms with Crippen LogP contribution < -0.4 is 0 Å². The summed E-state index contributed by atoms with van der Waals surface area (Å²) >= 11 is 0. The zero-order chi connectivity index (χ0) is 20.4. The van der Waals surface area contributed by atoms with Crippen molar-refractivity contribution in [3.05, 3.63) is 34.4 Å². The van der Waals surface area contributed by atoms with Gasteiger partial charge in [0.25, 0.3) is 5.69 Å². The standard InChI is InChI=1S/C17H26N4O5S/c1-13(2)16(17(22)18(3)4)19-9-11-20(12-10-19)27(25,26)15-8-6-5-7-14(15)21(23)24/h5-8,13,16H,9-12H2,1-4H3/t16-/m1/s1. The van der Waals surface area contributed by atoms with E-state index in [-0.39, 0.29) is 35.9 Å². The lowest BCUT2D eigenvalue weighted by molar-refractivity contribution is -0.387. The van der Waals surface area contributed by atoms with Gasteiger partial charge in [-0.05, 0) is 12.0 Å². The number of hydrogen-bond acceptors (Lipinski definition) is 6. The van der Waals surface area contributed by atoms with Gasteiger partial charge in [0, 0.05) is 46.3 Å². The summed E-state index contributed by atoms with van der Waals surface area (Å²) in [5.41, 5.74) is -0.428. The molecule has 1 saturated heterocycles. The van der Waals surface area contributed by atoms with Gasteiger partial charge in [-0.2, -0.15) is 4.31 Å². The maximum atomic E-state index is 12.9. The number of likely N-dealkylation sites (N-methyl/N-ethyl adjacent to an activating group) is 1. The van der Waals surface area contributed by atoms with Crippen LogP contribution in [0.4, 0.5) is 5.69 Å². The van der Waals surface area contributed by atoms with E-state index in [4.69, 9.17) is 0 Å². The molecule has 0 saturated carbocycles. The molecule has 0 aromatic heterocycles. The maximum absolute atomic E-state index is 12.9. The molecule has 2 rings (SSSR count). The van der Waals surface area contributed by atoms with Crippen LogP contribution in [0.15, 0.2) is 29.2 Å². The molecule has 1 fully saturated rings. The Morgan fingerprint density at radius 3 is 2.19 bits per heavy atom. The van der Waals surface area contributed by atoms with Crippen molar-refractivity contribution in [2.24, 2.45) is 5.92 Å². The lowest BCUT2D eigenvalue weighted by atomic mass is 10.0. The van der Waals surface area contributed by atoms with Crippen molar-refractivity contribution >= 4 is 21.6 Å². The molecule has 1 aromatic carbocycles. The molecule has 0 spiro atoms. The highest BCUT2D eigenvalue weighted by atomic mass is 32.2. The normalized spacial score (nSPS) is 17.7. The number of nitro benzene ring substituents is 1. The third kappa shape index (κ3) is 4.45. The minimum Gasteiger partial charge on any atom is -0.347 e. The average molecular weight is 398 g/mol. The largest absolute Gasteiger partial charge is 0.347 e. The molecule has 1 aliphatic heterocycles. The van der Waals surface area contributed by atoms with E-state index in [1.165, 1.54) is 28.6 Å². The van der Waals surface area contributed by atoms with Crippen molar-refractivity contribution in [3.8, 4) is 0 Å². The lowest BCUT2D eigenvalue weighted by Gasteiger charge is -2.40. The van der Waals surface area contributed by atoms with Crippen molar-refractivity contribution in [2.45, 2.75) is 24.8 Å². The number of carbonyl (C=O) groups is 1. The Bertz CT molecular complexity index is 801. The van der Waals surface area contributed by atoms with E-state index in [1.54, 1.807) is 19.0 Å². The van der Waals surface area contributed by atoms with Crippen molar-refractivity contribution in [3.63, 3.8) is 0 Å². The Morgan fingerprint density at radius 1 is 1.15 bits per heavy atom. The number of piperazine rings is 1. The van der Waals surface area contributed by atoms with Gasteiger partial charge < -0.3 is 4.90 Å². The van der Waals surface area contributed by atoms with E-state index in [1.807, 2.05) is 18.7 Å². The second-order valence-corrected chi connectivity index (χ2v) is 8.99. The highest BCUT2D eigenvalue weighted by molar-refractivity contribution is 7.89. The number of nitrogens with zero attached hydrogens (tertiary/aromatic N) is 4. The van der Waals surface area contributed by atoms with Crippen molar-refractivity contribution in [1.82, 2.24) is 14.1 Å². The van der Waals surface area contributed by atoms with Gasteiger partial charge in [0.15, 0.2) is 4.90 Å². The lowest BCUT2D eigenvalue weighted by Crippen LogP contribution is -2.57. The summed E-state index contributed by atoms with van der Waals surface area (Å²) in [5, 5.41) is 11.2. The number of benzene rings is 1. The molecule has 1 amide bonds. The molecular formula is C17H26N4O5S. The quantitative estimate of drug-likeness (QED) is 0.523. The number of rotatable bonds is 6. The number of carbonyl (C=O) groups excluding carboxylic acids is 1. The average Bonchev–Trinajstić information content (AvgIpc) is 2.61. The van der Waals surface area contributed by atoms with Gasteiger partial charge in [-0.3, -0.25) is 19.8 Å². The Balaban J connectivity index is 2.20. The van der Waals surface area contributed by atoms with E-state index < -0.39 is 20.6 Å². The molecule has 1 atom stereocenters. The first-order valence-electron chi connectivity index (χ1n) is 8.76. The summed E-state index contributed by atoms with van der Waals surface area (Å²) in [6.45, 7) is 5.06. The van der Waals surface area contributed by atoms with Crippen molar-refractivity contribution in [1.29, 1.82) is 0 Å². The molecule has 0 aliphatic carbocycles. The van der Waals surface area contributed by atoms with Crippen LogP contribution in [0.25, 0.3) is 0 Å². The van der Waals surface area contributed by atoms with Gasteiger partial charge in [-0.15, -0.1) is 0 Å². The van der Waals surface area contributed by atoms with Crippen molar-refractivity contribution in [2.75, 3.05) is 40.3 Å². The summed E-state index contributed by atoms with van der Waals surface area (Å²) in [5.74, 6) is 0.0678. The van der Waals surface area contributed by atoms with E-state index in [2.05, 4.69) is 0 Å². The first-order chi connectivity index (χ1) is 12.6. The van der Waals surface area contributed by atoms with Crippen LogP contribution >= 0.6 is 0 Å². The van der Waals surface area contributed by atoms with Gasteiger partial charge in [0.1, 0.15) is 0 Å². The molecule has 0 unspecified atom stereocenters. The number of amides is 1. The van der Waals surface area contributed by atoms with Gasteiger partial charge in [-0.25, -0.2) is 8.42 Å². The monoisotopic (exact) mass is 398 g/mol. The van der Waals surface area contributed by atoms with Gasteiger partial charge in [0.2, 0.25) is 15.9 Å². The molecule has 1 aromatic rings. The SMILES string of the molecule is CC(C)[C@H](C(=O)N(C)C)N1CCN(S(=O)(=O)c2ccccc2[N+](=O)[O-])CC1. The van der Waals surface area contributed by atoms with Gasteiger partial charge in [0.05, 0.1) is 11.0 Å². The number of nitro groups is 1. The molecule has 150 valence electrons. The molecule has 1 aliphatic rings. The van der Waals surface area contributed by atoms with Crippen LogP contribution in [0.1, 0.15) is 13.8 Å². The molecule has 10 heteroatoms. The Morgan fingerprint density at radius 2 is 1.70 bits per heavy atom. The molecular weight excluding hydrogens is 372 g/mol. The number of sulfonamides is 1. The minimum absolute atomic E-state index is 0.0139. The molecule has 0 radical (unpaired) electrons. The molecule has 0 N–H and O–H groups in total. The zero-order valence-electron chi connectivity index (χ0n) is 16.0. The summed E-state index contributed by atoms with van der Waals surface area (Å²) in [4.78, 5) is 26.2. The molecule has 9 nitrogen and oxygen atoms in total. The second kappa shape index (κ2) is 8.32. The third-order valence-electron chi connectivity index (χ3n) is 4.67. The second-order valence-electron chi connectivity index (χ2n) is 7.09. The number of para-hydroxylation sites is 1. The van der Waals surface area contributed by atoms with E-state index in [0.29, 0.717) is 13.1 Å². The summed E-state index contributed by atoms with van der Waals surface area (Å²) in [7, 11) is -0.571. The van der Waals surface area contributed by atoms with Crippen LogP contribution in [0.2, 0.25) is 0 Å². The maximum Gasteiger partial charge on any atom is 0.289 e. The Hall–Kier alpha value is -2.04. The van der Waals surface area contributed by atoms with E-state index in [0.717, 1.165) is 0 Å². The van der Waals surface area contributed by atoms with Crippen LogP contribution in [0, 0.1) is 16.0 Å². The van der Waals surface area contributed by atoms with Crippen LogP contribution in [0.5, 0.6) is 0 Å². The first-order valence-corrected chi connectivity index (χ1v) is 10.2. The molecule has 27 heavy (non-hydrogen) atoms. The summed E-state index contributed by atoms with van der Waals surface area (Å²) in [6.07, 6.45) is 0. The fourth-order valence-corrected chi connectivity index (χ4v) is 4.89. The van der Waals surface area contributed by atoms with Gasteiger partial charge in [-0.1, -0.05) is 26.0 Å². The molecule has 1 heterocycles. The smallest absolute Gasteiger partial charge is 0.289 e. The first kappa shape index (κ1) is 21.3. The fourth-order valence-electron chi connectivity index (χ4n) is 3.31. The van der Waals surface area contributed by atoms with E-state index in [9.17, 15) is 23.3 Å². The Kier molecular flexibility index (Phi) is 6.55. The zero-order valence-corrected chi connectivity index (χ0v) is 16.8. The van der Waals surface area contributed by atoms with Crippen LogP contribution in [-0.2, 0) is 14.8 Å². The minimum atomic E-state index is -3.97. The molecule has 0 bridgehead atoms. The van der Waals surface area contributed by atoms with E-state index >= 15 is 0 Å². The highest BCUT2D eigenvalue weighted by Gasteiger charge is 2.37. The predicted octanol–water partition coefficient (Wildman–Crippen LogP) is 1.01.